The van der Waals surface area contributed by atoms with Gasteiger partial charge in [-0.1, -0.05) is 0 Å². The summed E-state index contributed by atoms with van der Waals surface area (Å²) in [6.07, 6.45) is 5.55. The van der Waals surface area contributed by atoms with Crippen LogP contribution in [0, 0.1) is 0 Å². The Morgan fingerprint density at radius 2 is 2.31 bits per heavy atom. The third-order valence-electron chi connectivity index (χ3n) is 3.41. The lowest BCUT2D eigenvalue weighted by atomic mass is 10.1. The van der Waals surface area contributed by atoms with E-state index in [4.69, 9.17) is 4.42 Å². The van der Waals surface area contributed by atoms with Gasteiger partial charge in [-0.2, -0.15) is 0 Å². The number of furan rings is 1. The molecule has 2 rings (SSSR count). The summed E-state index contributed by atoms with van der Waals surface area (Å²) < 4.78 is 5.42. The maximum Gasteiger partial charge on any atom is 0.120 e. The smallest absolute Gasteiger partial charge is 0.120 e. The van der Waals surface area contributed by atoms with Gasteiger partial charge in [-0.25, -0.2) is 0 Å². The molecule has 3 nitrogen and oxygen atoms in total. The molecule has 0 radical (unpaired) electrons. The van der Waals surface area contributed by atoms with E-state index in [1.165, 1.54) is 32.4 Å². The fourth-order valence-electron chi connectivity index (χ4n) is 2.38. The highest BCUT2D eigenvalue weighted by Crippen LogP contribution is 2.17. The van der Waals surface area contributed by atoms with Crippen LogP contribution in [0.2, 0.25) is 0 Å². The normalized spacial score (nSPS) is 25.2. The first-order valence-corrected chi connectivity index (χ1v) is 6.23. The van der Waals surface area contributed by atoms with Crippen LogP contribution < -0.4 is 5.32 Å². The van der Waals surface area contributed by atoms with E-state index < -0.39 is 0 Å². The topological polar surface area (TPSA) is 28.4 Å². The van der Waals surface area contributed by atoms with Crippen molar-refractivity contribution in [1.29, 1.82) is 0 Å². The third kappa shape index (κ3) is 3.09. The number of rotatable bonds is 3. The molecule has 90 valence electrons. The molecule has 2 unspecified atom stereocenters. The Hall–Kier alpha value is -0.800. The molecule has 1 aliphatic heterocycles. The van der Waals surface area contributed by atoms with Crippen molar-refractivity contribution in [2.45, 2.75) is 38.3 Å². The van der Waals surface area contributed by atoms with E-state index in [1.807, 2.05) is 12.1 Å². The quantitative estimate of drug-likeness (QED) is 0.851. The van der Waals surface area contributed by atoms with E-state index in [9.17, 15) is 0 Å². The Bertz CT molecular complexity index is 297. The third-order valence-corrected chi connectivity index (χ3v) is 3.41. The molecule has 0 bridgehead atoms. The first kappa shape index (κ1) is 11.7. The molecule has 1 aromatic heterocycles. The van der Waals surface area contributed by atoms with Gasteiger partial charge in [0.15, 0.2) is 0 Å². The number of hydrogen-bond donors (Lipinski definition) is 1. The fourth-order valence-corrected chi connectivity index (χ4v) is 2.38. The molecule has 0 spiro atoms. The summed E-state index contributed by atoms with van der Waals surface area (Å²) in [6.45, 7) is 4.60. The van der Waals surface area contributed by atoms with Gasteiger partial charge in [0.25, 0.3) is 0 Å². The summed E-state index contributed by atoms with van der Waals surface area (Å²) in [6, 6.07) is 4.95. The summed E-state index contributed by atoms with van der Waals surface area (Å²) >= 11 is 0. The van der Waals surface area contributed by atoms with Crippen molar-refractivity contribution in [2.75, 3.05) is 20.1 Å². The Kier molecular flexibility index (Phi) is 4.02. The molecule has 1 aromatic rings. The zero-order valence-corrected chi connectivity index (χ0v) is 10.3. The average Bonchev–Trinajstić information content (AvgIpc) is 2.72. The van der Waals surface area contributed by atoms with Crippen molar-refractivity contribution >= 4 is 0 Å². The van der Waals surface area contributed by atoms with E-state index in [2.05, 4.69) is 24.2 Å². The van der Waals surface area contributed by atoms with Gasteiger partial charge in [-0.3, -0.25) is 0 Å². The Labute approximate surface area is 97.8 Å². The Morgan fingerprint density at radius 3 is 3.06 bits per heavy atom. The van der Waals surface area contributed by atoms with E-state index in [0.717, 1.165) is 5.76 Å². The second kappa shape index (κ2) is 5.51. The summed E-state index contributed by atoms with van der Waals surface area (Å²) in [4.78, 5) is 2.42. The van der Waals surface area contributed by atoms with Gasteiger partial charge in [0.2, 0.25) is 0 Å². The van der Waals surface area contributed by atoms with E-state index in [-0.39, 0.29) is 0 Å². The van der Waals surface area contributed by atoms with Crippen LogP contribution in [0.25, 0.3) is 0 Å². The lowest BCUT2D eigenvalue weighted by Crippen LogP contribution is -2.32. The maximum atomic E-state index is 5.42. The summed E-state index contributed by atoms with van der Waals surface area (Å²) in [5, 5.41) is 3.66. The van der Waals surface area contributed by atoms with Crippen LogP contribution >= 0.6 is 0 Å². The first-order valence-electron chi connectivity index (χ1n) is 6.23. The zero-order chi connectivity index (χ0) is 11.4. The van der Waals surface area contributed by atoms with Crippen LogP contribution in [0.15, 0.2) is 22.8 Å². The summed E-state index contributed by atoms with van der Waals surface area (Å²) in [5.41, 5.74) is 0. The molecule has 1 N–H and O–H groups in total. The molecule has 0 aromatic carbocycles. The lowest BCUT2D eigenvalue weighted by molar-refractivity contribution is 0.334. The van der Waals surface area contributed by atoms with Gasteiger partial charge in [-0.05, 0) is 58.5 Å². The van der Waals surface area contributed by atoms with Crippen molar-refractivity contribution in [1.82, 2.24) is 10.2 Å². The van der Waals surface area contributed by atoms with Crippen molar-refractivity contribution < 1.29 is 4.42 Å². The minimum Gasteiger partial charge on any atom is -0.468 e. The lowest BCUT2D eigenvalue weighted by Gasteiger charge is -2.20. The second-order valence-corrected chi connectivity index (χ2v) is 4.83. The van der Waals surface area contributed by atoms with Crippen molar-refractivity contribution in [3.8, 4) is 0 Å². The van der Waals surface area contributed by atoms with Crippen LogP contribution in [0.1, 0.15) is 38.0 Å². The number of likely N-dealkylation sites (tertiary alicyclic amines) is 1. The van der Waals surface area contributed by atoms with E-state index >= 15 is 0 Å². The number of hydrogen-bond acceptors (Lipinski definition) is 3. The highest BCUT2D eigenvalue weighted by atomic mass is 16.3. The molecule has 0 saturated carbocycles. The molecular weight excluding hydrogens is 200 g/mol. The van der Waals surface area contributed by atoms with Crippen LogP contribution in [-0.4, -0.2) is 31.1 Å². The van der Waals surface area contributed by atoms with Crippen molar-refractivity contribution in [3.63, 3.8) is 0 Å². The molecule has 1 aliphatic rings. The van der Waals surface area contributed by atoms with E-state index in [0.29, 0.717) is 12.1 Å². The van der Waals surface area contributed by atoms with Gasteiger partial charge in [0.1, 0.15) is 5.76 Å². The standard InChI is InChI=1S/C13H22N2O/c1-11(13-6-4-10-16-13)14-12-5-3-8-15(2)9-7-12/h4,6,10-12,14H,3,5,7-9H2,1-2H3. The van der Waals surface area contributed by atoms with Crippen LogP contribution in [0.4, 0.5) is 0 Å². The van der Waals surface area contributed by atoms with Crippen LogP contribution in [0.3, 0.4) is 0 Å². The maximum absolute atomic E-state index is 5.42. The SMILES string of the molecule is CC(NC1CCCN(C)CC1)c1ccco1. The molecule has 0 amide bonds. The number of nitrogens with one attached hydrogen (secondary N) is 1. The summed E-state index contributed by atoms with van der Waals surface area (Å²) in [5.74, 6) is 1.04. The highest BCUT2D eigenvalue weighted by Gasteiger charge is 2.18. The first-order chi connectivity index (χ1) is 7.75. The largest absolute Gasteiger partial charge is 0.468 e. The predicted molar refractivity (Wildman–Crippen MR) is 65.4 cm³/mol. The molecule has 0 aliphatic carbocycles. The van der Waals surface area contributed by atoms with Gasteiger partial charge < -0.3 is 14.6 Å². The molecule has 3 heteroatoms. The van der Waals surface area contributed by atoms with Crippen LogP contribution in [-0.2, 0) is 0 Å². The van der Waals surface area contributed by atoms with Gasteiger partial charge >= 0.3 is 0 Å². The average molecular weight is 222 g/mol. The van der Waals surface area contributed by atoms with Gasteiger partial charge in [-0.15, -0.1) is 0 Å². The van der Waals surface area contributed by atoms with Crippen LogP contribution in [0.5, 0.6) is 0 Å². The fraction of sp³-hybridized carbons (Fsp3) is 0.692. The molecule has 2 heterocycles. The predicted octanol–water partition coefficient (Wildman–Crippen LogP) is 2.41. The summed E-state index contributed by atoms with van der Waals surface area (Å²) in [7, 11) is 2.21. The highest BCUT2D eigenvalue weighted by molar-refractivity contribution is 5.03. The minimum atomic E-state index is 0.323. The van der Waals surface area contributed by atoms with Crippen molar-refractivity contribution in [3.05, 3.63) is 24.2 Å². The molecule has 2 atom stereocenters. The second-order valence-electron chi connectivity index (χ2n) is 4.83. The molecular formula is C13H22N2O. The van der Waals surface area contributed by atoms with Gasteiger partial charge in [0, 0.05) is 6.04 Å². The zero-order valence-electron chi connectivity index (χ0n) is 10.3. The Morgan fingerprint density at radius 1 is 1.44 bits per heavy atom. The minimum absolute atomic E-state index is 0.323. The molecule has 1 saturated heterocycles. The number of nitrogens with zero attached hydrogens (tertiary/aromatic N) is 1. The van der Waals surface area contributed by atoms with Crippen molar-refractivity contribution in [2.24, 2.45) is 0 Å². The van der Waals surface area contributed by atoms with Gasteiger partial charge in [0.05, 0.1) is 12.3 Å². The Balaban J connectivity index is 1.84. The van der Waals surface area contributed by atoms with E-state index in [1.54, 1.807) is 6.26 Å². The molecule has 16 heavy (non-hydrogen) atoms. The molecule has 1 fully saturated rings. The monoisotopic (exact) mass is 222 g/mol.